The molecule has 0 radical (unpaired) electrons. The monoisotopic (exact) mass is 246 g/mol. The summed E-state index contributed by atoms with van der Waals surface area (Å²) in [5.41, 5.74) is 2.40. The van der Waals surface area contributed by atoms with Gasteiger partial charge in [0.15, 0.2) is 0 Å². The molecule has 3 heteroatoms. The molecule has 0 aromatic heterocycles. The molecule has 3 nitrogen and oxygen atoms in total. The van der Waals surface area contributed by atoms with Crippen LogP contribution in [0.15, 0.2) is 31.4 Å². The van der Waals surface area contributed by atoms with E-state index in [1.807, 2.05) is 18.2 Å². The van der Waals surface area contributed by atoms with Gasteiger partial charge >= 0.3 is 5.97 Å². The highest BCUT2D eigenvalue weighted by Crippen LogP contribution is 2.29. The third kappa shape index (κ3) is 3.23. The smallest absolute Gasteiger partial charge is 0.310 e. The van der Waals surface area contributed by atoms with E-state index in [1.165, 1.54) is 0 Å². The Bertz CT molecular complexity index is 461. The number of esters is 1. The van der Waals surface area contributed by atoms with Crippen molar-refractivity contribution in [1.29, 1.82) is 0 Å². The van der Waals surface area contributed by atoms with Crippen molar-refractivity contribution in [3.8, 4) is 5.75 Å². The van der Waals surface area contributed by atoms with Gasteiger partial charge in [0, 0.05) is 5.56 Å². The second-order valence-corrected chi connectivity index (χ2v) is 3.71. The molecule has 0 saturated carbocycles. The Morgan fingerprint density at radius 3 is 2.72 bits per heavy atom. The van der Waals surface area contributed by atoms with E-state index >= 15 is 0 Å². The van der Waals surface area contributed by atoms with Crippen LogP contribution < -0.4 is 4.74 Å². The standard InChI is InChI=1S/C15H18O3/c1-5-12-13(8-7-9-14(12)17-4)11(3)10-15(16)18-6-2/h5,7-9H,1,3,6,10H2,2,4H3. The lowest BCUT2D eigenvalue weighted by molar-refractivity contribution is -0.141. The second kappa shape index (κ2) is 6.64. The number of rotatable bonds is 6. The van der Waals surface area contributed by atoms with Gasteiger partial charge in [0.05, 0.1) is 20.1 Å². The van der Waals surface area contributed by atoms with Crippen LogP contribution in [-0.2, 0) is 9.53 Å². The molecule has 0 aliphatic carbocycles. The molecule has 0 atom stereocenters. The highest BCUT2D eigenvalue weighted by molar-refractivity contribution is 5.87. The minimum Gasteiger partial charge on any atom is -0.496 e. The van der Waals surface area contributed by atoms with Crippen molar-refractivity contribution in [3.63, 3.8) is 0 Å². The average Bonchev–Trinajstić information content (AvgIpc) is 2.37. The molecule has 0 bridgehead atoms. The van der Waals surface area contributed by atoms with E-state index < -0.39 is 0 Å². The molecule has 0 amide bonds. The van der Waals surface area contributed by atoms with Crippen LogP contribution in [0.5, 0.6) is 5.75 Å². The molecule has 0 spiro atoms. The van der Waals surface area contributed by atoms with Crippen molar-refractivity contribution in [2.75, 3.05) is 13.7 Å². The van der Waals surface area contributed by atoms with Gasteiger partial charge in [-0.15, -0.1) is 0 Å². The Hall–Kier alpha value is -2.03. The highest BCUT2D eigenvalue weighted by Gasteiger charge is 2.12. The van der Waals surface area contributed by atoms with Crippen molar-refractivity contribution in [2.24, 2.45) is 0 Å². The molecular weight excluding hydrogens is 228 g/mol. The summed E-state index contributed by atoms with van der Waals surface area (Å²) >= 11 is 0. The van der Waals surface area contributed by atoms with Gasteiger partial charge in [-0.05, 0) is 24.1 Å². The summed E-state index contributed by atoms with van der Waals surface area (Å²) in [6.45, 7) is 9.84. The fourth-order valence-corrected chi connectivity index (χ4v) is 1.72. The van der Waals surface area contributed by atoms with Crippen LogP contribution in [0.4, 0.5) is 0 Å². The summed E-state index contributed by atoms with van der Waals surface area (Å²) in [6.07, 6.45) is 1.87. The number of carbonyl (C=O) groups excluding carboxylic acids is 1. The zero-order valence-corrected chi connectivity index (χ0v) is 10.9. The van der Waals surface area contributed by atoms with Crippen molar-refractivity contribution >= 4 is 17.6 Å². The van der Waals surface area contributed by atoms with Crippen LogP contribution in [0.2, 0.25) is 0 Å². The van der Waals surface area contributed by atoms with Gasteiger partial charge < -0.3 is 9.47 Å². The summed E-state index contributed by atoms with van der Waals surface area (Å²) in [4.78, 5) is 11.4. The topological polar surface area (TPSA) is 35.5 Å². The van der Waals surface area contributed by atoms with E-state index in [4.69, 9.17) is 9.47 Å². The fraction of sp³-hybridized carbons (Fsp3) is 0.267. The molecule has 96 valence electrons. The van der Waals surface area contributed by atoms with Gasteiger partial charge in [-0.25, -0.2) is 0 Å². The average molecular weight is 246 g/mol. The number of hydrogen-bond acceptors (Lipinski definition) is 3. The predicted octanol–water partition coefficient (Wildman–Crippen LogP) is 3.30. The number of ether oxygens (including phenoxy) is 2. The Balaban J connectivity index is 2.98. The molecule has 0 heterocycles. The quantitative estimate of drug-likeness (QED) is 0.722. The lowest BCUT2D eigenvalue weighted by Gasteiger charge is -2.12. The normalized spacial score (nSPS) is 9.67. The van der Waals surface area contributed by atoms with Crippen LogP contribution in [0.3, 0.4) is 0 Å². The van der Waals surface area contributed by atoms with E-state index in [-0.39, 0.29) is 12.4 Å². The molecule has 0 unspecified atom stereocenters. The largest absolute Gasteiger partial charge is 0.496 e. The SMILES string of the molecule is C=Cc1c(OC)cccc1C(=C)CC(=O)OCC. The van der Waals surface area contributed by atoms with Gasteiger partial charge in [0.1, 0.15) is 5.75 Å². The van der Waals surface area contributed by atoms with Crippen LogP contribution in [0.1, 0.15) is 24.5 Å². The van der Waals surface area contributed by atoms with Crippen molar-refractivity contribution < 1.29 is 14.3 Å². The number of methoxy groups -OCH3 is 1. The van der Waals surface area contributed by atoms with Crippen LogP contribution >= 0.6 is 0 Å². The zero-order chi connectivity index (χ0) is 13.5. The highest BCUT2D eigenvalue weighted by atomic mass is 16.5. The van der Waals surface area contributed by atoms with E-state index in [0.717, 1.165) is 11.1 Å². The maximum Gasteiger partial charge on any atom is 0.310 e. The first-order valence-electron chi connectivity index (χ1n) is 5.77. The summed E-state index contributed by atoms with van der Waals surface area (Å²) in [5, 5.41) is 0. The Kier molecular flexibility index (Phi) is 5.18. The third-order valence-corrected chi connectivity index (χ3v) is 2.53. The maximum atomic E-state index is 11.4. The summed E-state index contributed by atoms with van der Waals surface area (Å²) in [5.74, 6) is 0.438. The fourth-order valence-electron chi connectivity index (χ4n) is 1.72. The first kappa shape index (κ1) is 14.0. The maximum absolute atomic E-state index is 11.4. The zero-order valence-electron chi connectivity index (χ0n) is 10.9. The van der Waals surface area contributed by atoms with Crippen molar-refractivity contribution in [1.82, 2.24) is 0 Å². The number of benzene rings is 1. The molecule has 1 aromatic carbocycles. The van der Waals surface area contributed by atoms with Crippen molar-refractivity contribution in [3.05, 3.63) is 42.5 Å². The first-order valence-corrected chi connectivity index (χ1v) is 5.77. The summed E-state index contributed by atoms with van der Waals surface area (Å²) in [7, 11) is 1.60. The molecule has 0 fully saturated rings. The molecule has 0 aliphatic heterocycles. The third-order valence-electron chi connectivity index (χ3n) is 2.53. The Morgan fingerprint density at radius 2 is 2.17 bits per heavy atom. The Labute approximate surface area is 108 Å². The number of carbonyl (C=O) groups is 1. The van der Waals surface area contributed by atoms with Gasteiger partial charge in [-0.1, -0.05) is 31.4 Å². The van der Waals surface area contributed by atoms with Crippen LogP contribution in [0, 0.1) is 0 Å². The molecule has 0 saturated heterocycles. The molecule has 18 heavy (non-hydrogen) atoms. The minimum atomic E-state index is -0.277. The minimum absolute atomic E-state index is 0.168. The molecule has 1 aromatic rings. The number of hydrogen-bond donors (Lipinski definition) is 0. The molecule has 0 aliphatic rings. The lowest BCUT2D eigenvalue weighted by Crippen LogP contribution is -2.05. The van der Waals surface area contributed by atoms with E-state index in [9.17, 15) is 4.79 Å². The summed E-state index contributed by atoms with van der Waals surface area (Å²) in [6, 6.07) is 5.59. The van der Waals surface area contributed by atoms with E-state index in [0.29, 0.717) is 17.9 Å². The molecule has 0 N–H and O–H groups in total. The molecule has 1 rings (SSSR count). The predicted molar refractivity (Wildman–Crippen MR) is 73.4 cm³/mol. The second-order valence-electron chi connectivity index (χ2n) is 3.71. The Morgan fingerprint density at radius 1 is 1.44 bits per heavy atom. The van der Waals surface area contributed by atoms with Gasteiger partial charge in [0.25, 0.3) is 0 Å². The van der Waals surface area contributed by atoms with Crippen LogP contribution in [0.25, 0.3) is 11.6 Å². The molecular formula is C15H18O3. The first-order chi connectivity index (χ1) is 8.63. The van der Waals surface area contributed by atoms with Gasteiger partial charge in [0.2, 0.25) is 0 Å². The summed E-state index contributed by atoms with van der Waals surface area (Å²) < 4.78 is 10.2. The van der Waals surface area contributed by atoms with E-state index in [1.54, 1.807) is 20.1 Å². The van der Waals surface area contributed by atoms with Gasteiger partial charge in [-0.3, -0.25) is 4.79 Å². The van der Waals surface area contributed by atoms with Crippen molar-refractivity contribution in [2.45, 2.75) is 13.3 Å². The lowest BCUT2D eigenvalue weighted by atomic mass is 9.98. The van der Waals surface area contributed by atoms with E-state index in [2.05, 4.69) is 13.2 Å². The van der Waals surface area contributed by atoms with Gasteiger partial charge in [-0.2, -0.15) is 0 Å². The van der Waals surface area contributed by atoms with Crippen LogP contribution in [-0.4, -0.2) is 19.7 Å².